The molecule has 0 amide bonds. The van der Waals surface area contributed by atoms with Crippen LogP contribution in [0.1, 0.15) is 5.56 Å². The van der Waals surface area contributed by atoms with Crippen LogP contribution in [-0.2, 0) is 19.1 Å². The van der Waals surface area contributed by atoms with Gasteiger partial charge in [-0.1, -0.05) is 0 Å². The molecule has 128 valence electrons. The minimum absolute atomic E-state index is 0.121. The number of nitrogens with zero attached hydrogens (tertiary/aromatic N) is 2. The number of hydrogen-bond donors (Lipinski definition) is 1. The smallest absolute Gasteiger partial charge is 0.354 e. The third-order valence-corrected chi connectivity index (χ3v) is 2.87. The number of benzene rings is 1. The van der Waals surface area contributed by atoms with E-state index in [4.69, 9.17) is 0 Å². The molecule has 1 rings (SSSR count). The Bertz CT molecular complexity index is 741. The molecule has 1 aromatic carbocycles. The van der Waals surface area contributed by atoms with E-state index in [1.54, 1.807) is 0 Å². The van der Waals surface area contributed by atoms with Crippen molar-refractivity contribution in [2.75, 3.05) is 19.5 Å². The van der Waals surface area contributed by atoms with Crippen LogP contribution >= 0.6 is 0 Å². The SMILES string of the molecule is COC(=O)/C=C(/Nc1c([N+](=O)[O-])ccc(C)c1[N+](=O)[O-])C(=O)OC. The molecule has 0 aliphatic heterocycles. The highest BCUT2D eigenvalue weighted by Gasteiger charge is 2.29. The normalized spacial score (nSPS) is 10.7. The number of esters is 2. The van der Waals surface area contributed by atoms with E-state index in [0.717, 1.165) is 20.3 Å². The lowest BCUT2D eigenvalue weighted by molar-refractivity contribution is -0.392. The zero-order valence-corrected chi connectivity index (χ0v) is 12.9. The van der Waals surface area contributed by atoms with Gasteiger partial charge >= 0.3 is 17.6 Å². The Morgan fingerprint density at radius 2 is 1.75 bits per heavy atom. The van der Waals surface area contributed by atoms with Crippen molar-refractivity contribution >= 4 is 29.0 Å². The standard InChI is InChI=1S/C13H13N3O8/c1-7-4-5-9(15(19)20)11(12(7)16(21)22)14-8(13(18)24-3)6-10(17)23-2/h4-6,14H,1-3H3/b8-6+. The number of rotatable bonds is 6. The molecule has 0 spiro atoms. The van der Waals surface area contributed by atoms with E-state index in [1.807, 2.05) is 0 Å². The van der Waals surface area contributed by atoms with Crippen LogP contribution in [0.4, 0.5) is 17.1 Å². The van der Waals surface area contributed by atoms with E-state index in [-0.39, 0.29) is 5.56 Å². The lowest BCUT2D eigenvalue weighted by atomic mass is 10.1. The van der Waals surface area contributed by atoms with Crippen LogP contribution in [0.15, 0.2) is 23.9 Å². The van der Waals surface area contributed by atoms with E-state index in [2.05, 4.69) is 14.8 Å². The Morgan fingerprint density at radius 1 is 1.12 bits per heavy atom. The summed E-state index contributed by atoms with van der Waals surface area (Å²) in [4.78, 5) is 43.7. The van der Waals surface area contributed by atoms with Crippen LogP contribution in [0, 0.1) is 27.2 Å². The number of aryl methyl sites for hydroxylation is 1. The molecule has 0 heterocycles. The molecule has 0 saturated heterocycles. The highest BCUT2D eigenvalue weighted by atomic mass is 16.6. The van der Waals surface area contributed by atoms with Gasteiger partial charge in [-0.25, -0.2) is 9.59 Å². The summed E-state index contributed by atoms with van der Waals surface area (Å²) in [5.74, 6) is -2.02. The highest BCUT2D eigenvalue weighted by molar-refractivity contribution is 6.00. The number of hydrogen-bond acceptors (Lipinski definition) is 9. The number of carbonyl (C=O) groups excluding carboxylic acids is 2. The average Bonchev–Trinajstić information content (AvgIpc) is 2.52. The number of anilines is 1. The Morgan fingerprint density at radius 3 is 2.21 bits per heavy atom. The molecule has 0 radical (unpaired) electrons. The van der Waals surface area contributed by atoms with E-state index < -0.39 is 44.5 Å². The molecular formula is C13H13N3O8. The molecule has 0 aromatic heterocycles. The van der Waals surface area contributed by atoms with Gasteiger partial charge in [0.2, 0.25) is 0 Å². The number of nitro benzene ring substituents is 2. The second-order valence-corrected chi connectivity index (χ2v) is 4.34. The highest BCUT2D eigenvalue weighted by Crippen LogP contribution is 2.37. The van der Waals surface area contributed by atoms with Gasteiger partial charge in [0.25, 0.3) is 5.69 Å². The molecule has 11 heteroatoms. The topological polar surface area (TPSA) is 151 Å². The second kappa shape index (κ2) is 7.67. The van der Waals surface area contributed by atoms with Crippen molar-refractivity contribution in [2.24, 2.45) is 0 Å². The molecule has 1 aromatic rings. The van der Waals surface area contributed by atoms with Gasteiger partial charge in [0, 0.05) is 11.6 Å². The first kappa shape index (κ1) is 18.5. The van der Waals surface area contributed by atoms with Gasteiger partial charge < -0.3 is 14.8 Å². The number of methoxy groups -OCH3 is 2. The Kier molecular flexibility index (Phi) is 5.93. The fourth-order valence-corrected chi connectivity index (χ4v) is 1.76. The molecule has 0 aliphatic carbocycles. The van der Waals surface area contributed by atoms with Gasteiger partial charge in [-0.15, -0.1) is 0 Å². The summed E-state index contributed by atoms with van der Waals surface area (Å²) < 4.78 is 8.81. The summed E-state index contributed by atoms with van der Waals surface area (Å²) in [5.41, 5.74) is -2.24. The van der Waals surface area contributed by atoms with Crippen LogP contribution in [0.3, 0.4) is 0 Å². The van der Waals surface area contributed by atoms with Crippen LogP contribution < -0.4 is 5.32 Å². The third kappa shape index (κ3) is 4.03. The Labute approximate surface area is 135 Å². The van der Waals surface area contributed by atoms with Crippen molar-refractivity contribution in [3.63, 3.8) is 0 Å². The van der Waals surface area contributed by atoms with Gasteiger partial charge in [-0.05, 0) is 13.0 Å². The van der Waals surface area contributed by atoms with Gasteiger partial charge in [-0.3, -0.25) is 20.2 Å². The third-order valence-electron chi connectivity index (χ3n) is 2.87. The molecule has 0 atom stereocenters. The number of ether oxygens (including phenoxy) is 2. The number of carbonyl (C=O) groups is 2. The fourth-order valence-electron chi connectivity index (χ4n) is 1.76. The van der Waals surface area contributed by atoms with Crippen molar-refractivity contribution in [3.8, 4) is 0 Å². The summed E-state index contributed by atoms with van der Waals surface area (Å²) >= 11 is 0. The predicted octanol–water partition coefficient (Wildman–Crippen LogP) is 1.45. The molecular weight excluding hydrogens is 326 g/mol. The summed E-state index contributed by atoms with van der Waals surface area (Å²) in [6, 6.07) is 2.24. The van der Waals surface area contributed by atoms with Gasteiger partial charge in [0.15, 0.2) is 5.69 Å². The van der Waals surface area contributed by atoms with E-state index in [1.165, 1.54) is 13.0 Å². The molecule has 0 aliphatic rings. The maximum absolute atomic E-state index is 11.7. The maximum Gasteiger partial charge on any atom is 0.354 e. The first-order chi connectivity index (χ1) is 11.2. The van der Waals surface area contributed by atoms with Crippen LogP contribution in [0.5, 0.6) is 0 Å². The summed E-state index contributed by atoms with van der Waals surface area (Å²) in [6.07, 6.45) is 0.668. The van der Waals surface area contributed by atoms with E-state index >= 15 is 0 Å². The zero-order valence-electron chi connectivity index (χ0n) is 12.9. The van der Waals surface area contributed by atoms with Crippen molar-refractivity contribution in [3.05, 3.63) is 49.7 Å². The first-order valence-corrected chi connectivity index (χ1v) is 6.30. The fraction of sp³-hybridized carbons (Fsp3) is 0.231. The van der Waals surface area contributed by atoms with E-state index in [9.17, 15) is 29.8 Å². The minimum atomic E-state index is -1.06. The molecule has 0 fully saturated rings. The lowest BCUT2D eigenvalue weighted by Crippen LogP contribution is -2.17. The van der Waals surface area contributed by atoms with Crippen molar-refractivity contribution < 1.29 is 28.9 Å². The molecule has 24 heavy (non-hydrogen) atoms. The average molecular weight is 339 g/mol. The molecule has 1 N–H and O–H groups in total. The van der Waals surface area contributed by atoms with Gasteiger partial charge in [0.1, 0.15) is 5.70 Å². The lowest BCUT2D eigenvalue weighted by Gasteiger charge is -2.11. The summed E-state index contributed by atoms with van der Waals surface area (Å²) in [5, 5.41) is 24.6. The predicted molar refractivity (Wildman–Crippen MR) is 80.2 cm³/mol. The Hall–Kier alpha value is -3.50. The molecule has 11 nitrogen and oxygen atoms in total. The number of nitrogens with one attached hydrogen (secondary N) is 1. The zero-order chi connectivity index (χ0) is 18.4. The molecule has 0 saturated carbocycles. The summed E-state index contributed by atoms with van der Waals surface area (Å²) in [7, 11) is 2.06. The quantitative estimate of drug-likeness (QED) is 0.351. The van der Waals surface area contributed by atoms with Crippen LogP contribution in [0.2, 0.25) is 0 Å². The maximum atomic E-state index is 11.7. The molecule has 0 bridgehead atoms. The monoisotopic (exact) mass is 339 g/mol. The summed E-state index contributed by atoms with van der Waals surface area (Å²) in [6.45, 7) is 1.37. The van der Waals surface area contributed by atoms with Crippen molar-refractivity contribution in [1.29, 1.82) is 0 Å². The van der Waals surface area contributed by atoms with E-state index in [0.29, 0.717) is 6.08 Å². The largest absolute Gasteiger partial charge is 0.466 e. The molecule has 0 unspecified atom stereocenters. The minimum Gasteiger partial charge on any atom is -0.466 e. The van der Waals surface area contributed by atoms with Crippen molar-refractivity contribution in [2.45, 2.75) is 6.92 Å². The van der Waals surface area contributed by atoms with Crippen LogP contribution in [0.25, 0.3) is 0 Å². The van der Waals surface area contributed by atoms with Crippen molar-refractivity contribution in [1.82, 2.24) is 0 Å². The van der Waals surface area contributed by atoms with Gasteiger partial charge in [-0.2, -0.15) is 0 Å². The first-order valence-electron chi connectivity index (χ1n) is 6.30. The van der Waals surface area contributed by atoms with Gasteiger partial charge in [0.05, 0.1) is 30.1 Å². The van der Waals surface area contributed by atoms with Crippen LogP contribution in [-0.4, -0.2) is 36.0 Å². The second-order valence-electron chi connectivity index (χ2n) is 4.34. The Balaban J connectivity index is 3.57. The number of nitro groups is 2.